The first-order valence-electron chi connectivity index (χ1n) is 13.5. The third-order valence-electron chi connectivity index (χ3n) is 7.83. The van der Waals surface area contributed by atoms with E-state index in [9.17, 15) is 0 Å². The van der Waals surface area contributed by atoms with Gasteiger partial charge in [0.1, 0.15) is 0 Å². The summed E-state index contributed by atoms with van der Waals surface area (Å²) in [5.41, 5.74) is 13.1. The van der Waals surface area contributed by atoms with E-state index < -0.39 is 0 Å². The highest BCUT2D eigenvalue weighted by Gasteiger charge is 2.15. The van der Waals surface area contributed by atoms with Gasteiger partial charge in [-0.1, -0.05) is 93.4 Å². The highest BCUT2D eigenvalue weighted by molar-refractivity contribution is 7.83. The molecule has 0 heterocycles. The van der Waals surface area contributed by atoms with Crippen LogP contribution in [0.2, 0.25) is 0 Å². The first-order chi connectivity index (χ1) is 17.1. The second-order valence-corrected chi connectivity index (χ2v) is 11.2. The van der Waals surface area contributed by atoms with Gasteiger partial charge < -0.3 is 5.32 Å². The number of anilines is 1. The third-order valence-corrected chi connectivity index (χ3v) is 8.10. The summed E-state index contributed by atoms with van der Waals surface area (Å²) in [6.45, 7) is 18.0. The summed E-state index contributed by atoms with van der Waals surface area (Å²) in [6.07, 6.45) is 4.46. The van der Waals surface area contributed by atoms with Crippen molar-refractivity contribution in [2.75, 3.05) is 5.32 Å². The number of nitrogens with one attached hydrogen (secondary N) is 1. The van der Waals surface area contributed by atoms with E-state index in [1.165, 1.54) is 62.9 Å². The molecule has 3 heteroatoms. The lowest BCUT2D eigenvalue weighted by atomic mass is 9.70. The Morgan fingerprint density at radius 1 is 0.833 bits per heavy atom. The number of hydrogen-bond donors (Lipinski definition) is 1. The van der Waals surface area contributed by atoms with Crippen LogP contribution in [-0.2, 0) is 12.7 Å². The zero-order chi connectivity index (χ0) is 26.4. The minimum atomic E-state index is 0.750. The molecule has 1 N–H and O–H groups in total. The second kappa shape index (κ2) is 12.7. The van der Waals surface area contributed by atoms with Crippen molar-refractivity contribution in [3.63, 3.8) is 0 Å². The molecule has 0 saturated heterocycles. The molecule has 3 aromatic carbocycles. The normalized spacial score (nSPS) is 12.8. The molecule has 1 nitrogen and oxygen atoms in total. The van der Waals surface area contributed by atoms with E-state index in [0.717, 1.165) is 35.2 Å². The first-order valence-corrected chi connectivity index (χ1v) is 13.9. The van der Waals surface area contributed by atoms with E-state index in [1.54, 1.807) is 0 Å². The van der Waals surface area contributed by atoms with Gasteiger partial charge in [-0.05, 0) is 110 Å². The predicted octanol–water partition coefficient (Wildman–Crippen LogP) is 9.11. The summed E-state index contributed by atoms with van der Waals surface area (Å²) in [4.78, 5) is 0.778. The Kier molecular flexibility index (Phi) is 9.96. The molecule has 0 aliphatic carbocycles. The van der Waals surface area contributed by atoms with Gasteiger partial charge in [0.05, 0.1) is 0 Å². The van der Waals surface area contributed by atoms with Gasteiger partial charge in [0.15, 0.2) is 7.28 Å². The molecular weight excluding hydrogens is 453 g/mol. The molecule has 0 fully saturated rings. The standard InChI is InChI=1S/C33H43BNS/c1-9-22(4)28(10-2)19-27-11-13-30(14-12-27)35-33(36)34-20-29-17-24(6)31(18-23(29)5)32-25(7)15-21(3)16-26(32)8/h11-18,22,28H,9-10,19-20H2,1-8H3,(H,35,36). The zero-order valence-corrected chi connectivity index (χ0v) is 24.4. The Balaban J connectivity index is 1.63. The quantitative estimate of drug-likeness (QED) is 0.222. The molecule has 3 aromatic rings. The SMILES string of the molecule is CCC(C)C(CC)Cc1ccc(NC(=S)[B]Cc2cc(C)c(-c3c(C)cc(C)cc3C)cc2C)cc1. The van der Waals surface area contributed by atoms with E-state index in [4.69, 9.17) is 12.2 Å². The topological polar surface area (TPSA) is 12.0 Å². The average molecular weight is 497 g/mol. The second-order valence-electron chi connectivity index (χ2n) is 10.7. The van der Waals surface area contributed by atoms with E-state index in [2.05, 4.69) is 117 Å². The van der Waals surface area contributed by atoms with Crippen molar-refractivity contribution < 1.29 is 0 Å². The van der Waals surface area contributed by atoms with Gasteiger partial charge in [-0.25, -0.2) is 0 Å². The van der Waals surface area contributed by atoms with E-state index in [-0.39, 0.29) is 0 Å². The van der Waals surface area contributed by atoms with Crippen LogP contribution >= 0.6 is 12.2 Å². The molecule has 36 heavy (non-hydrogen) atoms. The molecule has 189 valence electrons. The van der Waals surface area contributed by atoms with E-state index >= 15 is 0 Å². The van der Waals surface area contributed by atoms with Crippen LogP contribution in [0.25, 0.3) is 11.1 Å². The minimum absolute atomic E-state index is 0.750. The molecule has 0 saturated carbocycles. The van der Waals surface area contributed by atoms with Gasteiger partial charge in [0.25, 0.3) is 0 Å². The predicted molar refractivity (Wildman–Crippen MR) is 165 cm³/mol. The minimum Gasteiger partial charge on any atom is -0.359 e. The van der Waals surface area contributed by atoms with Crippen molar-refractivity contribution in [2.24, 2.45) is 11.8 Å². The Hall–Kier alpha value is -2.39. The van der Waals surface area contributed by atoms with Crippen LogP contribution in [0.4, 0.5) is 5.69 Å². The largest absolute Gasteiger partial charge is 0.359 e. The van der Waals surface area contributed by atoms with Gasteiger partial charge in [-0.3, -0.25) is 0 Å². The average Bonchev–Trinajstić information content (AvgIpc) is 2.83. The maximum absolute atomic E-state index is 5.66. The maximum atomic E-state index is 5.66. The van der Waals surface area contributed by atoms with Gasteiger partial charge in [-0.2, -0.15) is 0 Å². The van der Waals surface area contributed by atoms with Crippen LogP contribution in [-0.4, -0.2) is 12.2 Å². The summed E-state index contributed by atoms with van der Waals surface area (Å²) in [5, 5.41) is 3.41. The zero-order valence-electron chi connectivity index (χ0n) is 23.6. The Bertz CT molecular complexity index is 1170. The summed E-state index contributed by atoms with van der Waals surface area (Å²) in [7, 11) is 2.13. The van der Waals surface area contributed by atoms with Crippen LogP contribution in [0, 0.1) is 46.5 Å². The number of thiocarbonyl (C=S) groups is 1. The molecule has 0 amide bonds. The van der Waals surface area contributed by atoms with Crippen LogP contribution in [0.3, 0.4) is 0 Å². The monoisotopic (exact) mass is 496 g/mol. The Morgan fingerprint density at radius 3 is 2.06 bits per heavy atom. The molecule has 3 rings (SSSR count). The molecule has 0 spiro atoms. The fourth-order valence-corrected chi connectivity index (χ4v) is 5.68. The van der Waals surface area contributed by atoms with Crippen molar-refractivity contribution in [2.45, 2.75) is 81.0 Å². The van der Waals surface area contributed by atoms with Crippen molar-refractivity contribution in [3.05, 3.63) is 87.5 Å². The number of benzene rings is 3. The lowest BCUT2D eigenvalue weighted by molar-refractivity contribution is 0.336. The smallest absolute Gasteiger partial charge is 0.194 e. The number of hydrogen-bond acceptors (Lipinski definition) is 1. The lowest BCUT2D eigenvalue weighted by Gasteiger charge is -2.21. The van der Waals surface area contributed by atoms with Gasteiger partial charge >= 0.3 is 0 Å². The fourth-order valence-electron chi connectivity index (χ4n) is 5.47. The van der Waals surface area contributed by atoms with E-state index in [1.807, 2.05) is 0 Å². The molecule has 0 aliphatic heterocycles. The van der Waals surface area contributed by atoms with Crippen molar-refractivity contribution in [1.82, 2.24) is 0 Å². The Labute approximate surface area is 226 Å². The van der Waals surface area contributed by atoms with Crippen molar-refractivity contribution >= 4 is 30.1 Å². The summed E-state index contributed by atoms with van der Waals surface area (Å²) >= 11 is 5.66. The molecule has 2 atom stereocenters. The molecule has 0 bridgehead atoms. The van der Waals surface area contributed by atoms with Crippen LogP contribution in [0.15, 0.2) is 48.5 Å². The summed E-state index contributed by atoms with van der Waals surface area (Å²) in [5.74, 6) is 1.52. The summed E-state index contributed by atoms with van der Waals surface area (Å²) in [6, 6.07) is 18.1. The van der Waals surface area contributed by atoms with Crippen molar-refractivity contribution in [1.29, 1.82) is 0 Å². The van der Waals surface area contributed by atoms with Crippen molar-refractivity contribution in [3.8, 4) is 11.1 Å². The van der Waals surface area contributed by atoms with E-state index in [0.29, 0.717) is 0 Å². The van der Waals surface area contributed by atoms with Gasteiger partial charge in [0, 0.05) is 10.6 Å². The molecule has 0 aliphatic rings. The van der Waals surface area contributed by atoms with Gasteiger partial charge in [-0.15, -0.1) is 0 Å². The molecule has 1 radical (unpaired) electrons. The summed E-state index contributed by atoms with van der Waals surface area (Å²) < 4.78 is 0. The fraction of sp³-hybridized carbons (Fsp3) is 0.424. The Morgan fingerprint density at radius 2 is 1.47 bits per heavy atom. The maximum Gasteiger partial charge on any atom is 0.194 e. The van der Waals surface area contributed by atoms with Gasteiger partial charge in [0.2, 0.25) is 0 Å². The molecule has 0 aromatic heterocycles. The number of rotatable bonds is 10. The highest BCUT2D eigenvalue weighted by atomic mass is 32.1. The molecule has 2 unspecified atom stereocenters. The van der Waals surface area contributed by atoms with Crippen LogP contribution in [0.5, 0.6) is 0 Å². The van der Waals surface area contributed by atoms with Crippen LogP contribution in [0.1, 0.15) is 72.6 Å². The lowest BCUT2D eigenvalue weighted by Crippen LogP contribution is -2.19. The third kappa shape index (κ3) is 7.10. The molecular formula is C33H43BNS. The van der Waals surface area contributed by atoms with Crippen LogP contribution < -0.4 is 5.32 Å². The highest BCUT2D eigenvalue weighted by Crippen LogP contribution is 2.33. The first kappa shape index (κ1) is 28.2. The number of aryl methyl sites for hydroxylation is 5.